The second-order valence-electron chi connectivity index (χ2n) is 8.15. The van der Waals surface area contributed by atoms with Crippen molar-refractivity contribution in [2.75, 3.05) is 43.6 Å². The minimum Gasteiger partial charge on any atom is -0.391 e. The summed E-state index contributed by atoms with van der Waals surface area (Å²) in [6.45, 7) is 7.60. The van der Waals surface area contributed by atoms with Crippen LogP contribution in [0.2, 0.25) is 0 Å². The van der Waals surface area contributed by atoms with Gasteiger partial charge in [-0.3, -0.25) is 0 Å². The third-order valence-corrected chi connectivity index (χ3v) is 5.97. The van der Waals surface area contributed by atoms with Crippen LogP contribution >= 0.6 is 0 Å². The molecule has 3 N–H and O–H groups in total. The molecule has 2 aliphatic heterocycles. The Morgan fingerprint density at radius 1 is 1.24 bits per heavy atom. The van der Waals surface area contributed by atoms with E-state index in [9.17, 15) is 18.3 Å². The van der Waals surface area contributed by atoms with E-state index in [-0.39, 0.29) is 23.8 Å². The Morgan fingerprint density at radius 3 is 2.52 bits per heavy atom. The predicted octanol–water partition coefficient (Wildman–Crippen LogP) is 3.98. The molecule has 0 aliphatic carbocycles. The van der Waals surface area contributed by atoms with Crippen LogP contribution in [0.25, 0.3) is 0 Å². The number of rotatable bonds is 5. The quantitative estimate of drug-likeness (QED) is 0.614. The fraction of sp³-hybridized carbons (Fsp3) is 0.565. The number of benzene rings is 1. The fourth-order valence-electron chi connectivity index (χ4n) is 4.00. The minimum absolute atomic E-state index is 0.0780. The maximum Gasteiger partial charge on any atom is 0.421 e. The lowest BCUT2D eigenvalue weighted by atomic mass is 9.87. The van der Waals surface area contributed by atoms with E-state index in [0.717, 1.165) is 17.3 Å². The molecule has 2 fully saturated rings. The highest BCUT2D eigenvalue weighted by Gasteiger charge is 2.39. The number of ether oxygens (including phenoxy) is 1. The normalized spacial score (nSPS) is 19.9. The number of aromatic nitrogens is 2. The Balaban J connectivity index is 0.00000149. The van der Waals surface area contributed by atoms with Crippen LogP contribution in [0, 0.1) is 6.92 Å². The van der Waals surface area contributed by atoms with Crippen LogP contribution in [0.4, 0.5) is 30.6 Å². The van der Waals surface area contributed by atoms with E-state index in [4.69, 9.17) is 4.74 Å². The van der Waals surface area contributed by atoms with Gasteiger partial charge in [-0.2, -0.15) is 18.2 Å². The largest absolute Gasteiger partial charge is 0.421 e. The lowest BCUT2D eigenvalue weighted by Crippen LogP contribution is -2.56. The lowest BCUT2D eigenvalue weighted by molar-refractivity contribution is -0.137. The highest BCUT2D eigenvalue weighted by molar-refractivity contribution is 5.62. The van der Waals surface area contributed by atoms with Crippen LogP contribution in [0.15, 0.2) is 24.4 Å². The van der Waals surface area contributed by atoms with Crippen LogP contribution in [-0.4, -0.2) is 54.5 Å². The molecule has 2 aromatic rings. The van der Waals surface area contributed by atoms with Gasteiger partial charge in [0.05, 0.1) is 24.9 Å². The summed E-state index contributed by atoms with van der Waals surface area (Å²) in [5.41, 5.74) is 1.59. The van der Waals surface area contributed by atoms with Crippen molar-refractivity contribution in [1.29, 1.82) is 0 Å². The Kier molecular flexibility index (Phi) is 7.81. The minimum atomic E-state index is -4.58. The van der Waals surface area contributed by atoms with E-state index in [1.807, 2.05) is 46.0 Å². The summed E-state index contributed by atoms with van der Waals surface area (Å²) >= 11 is 0. The molecule has 1 aromatic heterocycles. The van der Waals surface area contributed by atoms with E-state index in [1.165, 1.54) is 4.90 Å². The molecule has 2 aliphatic rings. The highest BCUT2D eigenvalue weighted by atomic mass is 19.4. The standard InChI is InChI=1S/C21H26F3N5O2.C2H6/c1-13-8-14(20(25-2)11-31-12-20)5-6-17(13)27-19-26-9-16(21(22,23)24)18(28-19)29-7-3-4-15(30)10-29;1-2/h5-6,8-9,15,25,30H,3-4,7,10-12H2,1-2H3,(H,26,27,28);1-2H3. The van der Waals surface area contributed by atoms with Crippen LogP contribution in [0.1, 0.15) is 43.4 Å². The van der Waals surface area contributed by atoms with Crippen LogP contribution in [0.5, 0.6) is 0 Å². The first kappa shape index (κ1) is 25.2. The average molecular weight is 468 g/mol. The molecule has 10 heteroatoms. The lowest BCUT2D eigenvalue weighted by Gasteiger charge is -2.42. The number of hydrogen-bond acceptors (Lipinski definition) is 7. The van der Waals surface area contributed by atoms with Crippen LogP contribution in [-0.2, 0) is 16.5 Å². The second-order valence-corrected chi connectivity index (χ2v) is 8.15. The number of alkyl halides is 3. The highest BCUT2D eigenvalue weighted by Crippen LogP contribution is 2.37. The van der Waals surface area contributed by atoms with Crippen molar-refractivity contribution in [2.24, 2.45) is 0 Å². The smallest absolute Gasteiger partial charge is 0.391 e. The molecule has 0 bridgehead atoms. The number of piperidine rings is 1. The summed E-state index contributed by atoms with van der Waals surface area (Å²) in [5, 5.41) is 16.3. The van der Waals surface area contributed by atoms with Crippen molar-refractivity contribution < 1.29 is 23.0 Å². The van der Waals surface area contributed by atoms with E-state index < -0.39 is 17.8 Å². The van der Waals surface area contributed by atoms with E-state index >= 15 is 0 Å². The maximum absolute atomic E-state index is 13.5. The van der Waals surface area contributed by atoms with Crippen LogP contribution in [0.3, 0.4) is 0 Å². The number of hydrogen-bond donors (Lipinski definition) is 3. The first-order valence-electron chi connectivity index (χ1n) is 11.2. The molecule has 3 heterocycles. The molecule has 0 spiro atoms. The molecule has 182 valence electrons. The first-order chi connectivity index (χ1) is 15.7. The molecule has 1 aromatic carbocycles. The number of nitrogens with zero attached hydrogens (tertiary/aromatic N) is 3. The van der Waals surface area contributed by atoms with E-state index in [1.54, 1.807) is 0 Å². The zero-order valence-electron chi connectivity index (χ0n) is 19.5. The molecular formula is C23H32F3N5O2. The molecule has 1 atom stereocenters. The molecule has 1 unspecified atom stereocenters. The van der Waals surface area contributed by atoms with Gasteiger partial charge in [0.1, 0.15) is 11.4 Å². The van der Waals surface area contributed by atoms with Gasteiger partial charge < -0.3 is 25.4 Å². The summed E-state index contributed by atoms with van der Waals surface area (Å²) in [6.07, 6.45) is -3.29. The molecule has 7 nitrogen and oxygen atoms in total. The van der Waals surface area contributed by atoms with E-state index in [0.29, 0.717) is 38.3 Å². The van der Waals surface area contributed by atoms with Gasteiger partial charge in [0.2, 0.25) is 5.95 Å². The number of aryl methyl sites for hydroxylation is 1. The average Bonchev–Trinajstić information content (AvgIpc) is 2.76. The molecule has 0 saturated carbocycles. The number of aliphatic hydroxyl groups is 1. The summed E-state index contributed by atoms with van der Waals surface area (Å²) < 4.78 is 46.0. The number of likely N-dealkylation sites (N-methyl/N-ethyl adjacent to an activating group) is 1. The van der Waals surface area contributed by atoms with Crippen LogP contribution < -0.4 is 15.5 Å². The van der Waals surface area contributed by atoms with Crippen molar-refractivity contribution in [1.82, 2.24) is 15.3 Å². The van der Waals surface area contributed by atoms with Crippen molar-refractivity contribution in [2.45, 2.75) is 51.4 Å². The topological polar surface area (TPSA) is 82.5 Å². The SMILES string of the molecule is CC.CNC1(c2ccc(Nc3ncc(C(F)(F)F)c(N4CCCC(O)C4)n3)c(C)c2)COC1. The Morgan fingerprint density at radius 2 is 1.97 bits per heavy atom. The van der Waals surface area contributed by atoms with Crippen molar-refractivity contribution in [3.63, 3.8) is 0 Å². The van der Waals surface area contributed by atoms with Gasteiger partial charge in [0.15, 0.2) is 0 Å². The Bertz CT molecular complexity index is 945. The van der Waals surface area contributed by atoms with Crippen molar-refractivity contribution in [3.05, 3.63) is 41.1 Å². The van der Waals surface area contributed by atoms with Gasteiger partial charge in [0, 0.05) is 25.0 Å². The fourth-order valence-corrected chi connectivity index (χ4v) is 4.00. The Hall–Kier alpha value is -2.43. The van der Waals surface area contributed by atoms with Gasteiger partial charge in [-0.15, -0.1) is 0 Å². The number of aliphatic hydroxyl groups excluding tert-OH is 1. The van der Waals surface area contributed by atoms with Gasteiger partial charge in [-0.1, -0.05) is 26.0 Å². The maximum atomic E-state index is 13.5. The summed E-state index contributed by atoms with van der Waals surface area (Å²) in [7, 11) is 1.89. The molecule has 2 saturated heterocycles. The summed E-state index contributed by atoms with van der Waals surface area (Å²) in [5.74, 6) is -0.131. The van der Waals surface area contributed by atoms with E-state index in [2.05, 4.69) is 20.6 Å². The molecule has 4 rings (SSSR count). The van der Waals surface area contributed by atoms with Gasteiger partial charge in [0.25, 0.3) is 0 Å². The summed E-state index contributed by atoms with van der Waals surface area (Å²) in [6, 6.07) is 5.85. The van der Waals surface area contributed by atoms with Crippen molar-refractivity contribution >= 4 is 17.5 Å². The number of anilines is 3. The third-order valence-electron chi connectivity index (χ3n) is 5.97. The second kappa shape index (κ2) is 10.2. The van der Waals surface area contributed by atoms with Gasteiger partial charge in [-0.05, 0) is 44.0 Å². The molecular weight excluding hydrogens is 435 g/mol. The Labute approximate surface area is 192 Å². The summed E-state index contributed by atoms with van der Waals surface area (Å²) in [4.78, 5) is 9.57. The van der Waals surface area contributed by atoms with Gasteiger partial charge >= 0.3 is 6.18 Å². The zero-order valence-corrected chi connectivity index (χ0v) is 19.5. The van der Waals surface area contributed by atoms with Gasteiger partial charge in [-0.25, -0.2) is 4.98 Å². The number of halogens is 3. The third kappa shape index (κ3) is 5.39. The predicted molar refractivity (Wildman–Crippen MR) is 122 cm³/mol. The van der Waals surface area contributed by atoms with Crippen molar-refractivity contribution in [3.8, 4) is 0 Å². The molecule has 0 amide bonds. The number of nitrogens with one attached hydrogen (secondary N) is 2. The first-order valence-corrected chi connectivity index (χ1v) is 11.2. The molecule has 0 radical (unpaired) electrons. The molecule has 33 heavy (non-hydrogen) atoms. The number of β-amino-alcohol motifs (C(OH)–C–C–N with tert-alkyl or cyclic N) is 1. The zero-order chi connectivity index (χ0) is 24.2. The monoisotopic (exact) mass is 467 g/mol.